The average Bonchev–Trinajstić information content (AvgIpc) is 2.84. The van der Waals surface area contributed by atoms with Crippen LogP contribution in [0.15, 0.2) is 30.3 Å². The monoisotopic (exact) mass is 297 g/mol. The predicted molar refractivity (Wildman–Crippen MR) is 80.3 cm³/mol. The molecule has 1 aromatic rings. The molecular weight excluding hydrogens is 274 g/mol. The standard InChI is InChI=1S/C15H23NO3S/c1-20(18,19)11-10-16-9-5-8-14(16)12-15(17)13-6-3-2-4-7-13/h2-4,6-7,14-15,17H,5,8-12H2,1H3/t14-,15-/m1/s1. The van der Waals surface area contributed by atoms with E-state index in [1.807, 2.05) is 30.3 Å². The Morgan fingerprint density at radius 3 is 2.70 bits per heavy atom. The van der Waals surface area contributed by atoms with E-state index in [0.717, 1.165) is 24.9 Å². The molecule has 0 amide bonds. The van der Waals surface area contributed by atoms with Gasteiger partial charge in [0, 0.05) is 18.8 Å². The Morgan fingerprint density at radius 2 is 2.05 bits per heavy atom. The molecule has 4 nitrogen and oxygen atoms in total. The molecule has 0 aromatic heterocycles. The third kappa shape index (κ3) is 4.58. The van der Waals surface area contributed by atoms with E-state index in [1.165, 1.54) is 6.26 Å². The zero-order chi connectivity index (χ0) is 14.6. The van der Waals surface area contributed by atoms with Crippen molar-refractivity contribution in [1.82, 2.24) is 4.90 Å². The molecule has 1 heterocycles. The lowest BCUT2D eigenvalue weighted by molar-refractivity contribution is 0.123. The molecule has 112 valence electrons. The highest BCUT2D eigenvalue weighted by Gasteiger charge is 2.27. The van der Waals surface area contributed by atoms with Crippen LogP contribution in [-0.2, 0) is 9.84 Å². The van der Waals surface area contributed by atoms with Crippen molar-refractivity contribution in [2.75, 3.05) is 25.1 Å². The lowest BCUT2D eigenvalue weighted by Gasteiger charge is -2.26. The van der Waals surface area contributed by atoms with Crippen LogP contribution in [0.25, 0.3) is 0 Å². The summed E-state index contributed by atoms with van der Waals surface area (Å²) in [6.07, 6.45) is 3.59. The van der Waals surface area contributed by atoms with Crippen LogP contribution < -0.4 is 0 Å². The van der Waals surface area contributed by atoms with Crippen molar-refractivity contribution < 1.29 is 13.5 Å². The molecule has 0 radical (unpaired) electrons. The van der Waals surface area contributed by atoms with E-state index in [4.69, 9.17) is 0 Å². The van der Waals surface area contributed by atoms with E-state index in [9.17, 15) is 13.5 Å². The molecule has 5 heteroatoms. The van der Waals surface area contributed by atoms with Gasteiger partial charge in [-0.15, -0.1) is 0 Å². The van der Waals surface area contributed by atoms with Crippen LogP contribution in [0, 0.1) is 0 Å². The summed E-state index contributed by atoms with van der Waals surface area (Å²) in [6, 6.07) is 9.93. The van der Waals surface area contributed by atoms with Crippen LogP contribution in [0.2, 0.25) is 0 Å². The zero-order valence-electron chi connectivity index (χ0n) is 11.9. The summed E-state index contributed by atoms with van der Waals surface area (Å²) in [6.45, 7) is 1.51. The van der Waals surface area contributed by atoms with Crippen LogP contribution in [0.4, 0.5) is 0 Å². The van der Waals surface area contributed by atoms with Gasteiger partial charge in [0.15, 0.2) is 0 Å². The highest BCUT2D eigenvalue weighted by atomic mass is 32.2. The lowest BCUT2D eigenvalue weighted by atomic mass is 10.0. The van der Waals surface area contributed by atoms with Crippen molar-refractivity contribution in [2.45, 2.75) is 31.4 Å². The van der Waals surface area contributed by atoms with E-state index < -0.39 is 15.9 Å². The molecule has 0 spiro atoms. The molecule has 1 N–H and O–H groups in total. The van der Waals surface area contributed by atoms with Crippen LogP contribution in [0.3, 0.4) is 0 Å². The summed E-state index contributed by atoms with van der Waals surface area (Å²) in [5.74, 6) is 0.199. The first kappa shape index (κ1) is 15.5. The summed E-state index contributed by atoms with van der Waals surface area (Å²) in [5.41, 5.74) is 0.933. The minimum Gasteiger partial charge on any atom is -0.388 e. The van der Waals surface area contributed by atoms with E-state index in [-0.39, 0.29) is 11.8 Å². The van der Waals surface area contributed by atoms with Gasteiger partial charge in [-0.1, -0.05) is 30.3 Å². The number of rotatable bonds is 6. The minimum atomic E-state index is -2.92. The van der Waals surface area contributed by atoms with Crippen LogP contribution in [0.5, 0.6) is 0 Å². The van der Waals surface area contributed by atoms with Gasteiger partial charge in [0.1, 0.15) is 9.84 Å². The lowest BCUT2D eigenvalue weighted by Crippen LogP contribution is -2.34. The SMILES string of the molecule is CS(=O)(=O)CCN1CCC[C@@H]1C[C@@H](O)c1ccccc1. The second kappa shape index (κ2) is 6.70. The van der Waals surface area contributed by atoms with Crippen molar-refractivity contribution in [1.29, 1.82) is 0 Å². The van der Waals surface area contributed by atoms with E-state index in [2.05, 4.69) is 4.90 Å². The third-order valence-corrected chi connectivity index (χ3v) is 4.85. The molecule has 0 bridgehead atoms. The molecule has 1 saturated heterocycles. The van der Waals surface area contributed by atoms with Crippen LogP contribution in [-0.4, -0.2) is 49.6 Å². The Balaban J connectivity index is 1.91. The molecule has 0 unspecified atom stereocenters. The summed E-state index contributed by atoms with van der Waals surface area (Å²) in [5, 5.41) is 10.3. The van der Waals surface area contributed by atoms with Gasteiger partial charge < -0.3 is 5.11 Å². The largest absolute Gasteiger partial charge is 0.388 e. The molecular formula is C15H23NO3S. The van der Waals surface area contributed by atoms with Gasteiger partial charge in [0.25, 0.3) is 0 Å². The van der Waals surface area contributed by atoms with Crippen LogP contribution >= 0.6 is 0 Å². The number of hydrogen-bond donors (Lipinski definition) is 1. The number of aliphatic hydroxyl groups excluding tert-OH is 1. The Kier molecular flexibility index (Phi) is 5.18. The van der Waals surface area contributed by atoms with Crippen molar-refractivity contribution in [3.63, 3.8) is 0 Å². The summed E-state index contributed by atoms with van der Waals surface area (Å²) < 4.78 is 22.5. The number of aliphatic hydroxyl groups is 1. The number of hydrogen-bond acceptors (Lipinski definition) is 4. The topological polar surface area (TPSA) is 57.6 Å². The third-order valence-electron chi connectivity index (χ3n) is 3.93. The zero-order valence-corrected chi connectivity index (χ0v) is 12.7. The average molecular weight is 297 g/mol. The molecule has 0 aliphatic carbocycles. The molecule has 2 rings (SSSR count). The van der Waals surface area contributed by atoms with Crippen molar-refractivity contribution in [2.24, 2.45) is 0 Å². The number of likely N-dealkylation sites (tertiary alicyclic amines) is 1. The second-order valence-electron chi connectivity index (χ2n) is 5.62. The predicted octanol–water partition coefficient (Wildman–Crippen LogP) is 1.62. The molecule has 1 aromatic carbocycles. The first-order valence-electron chi connectivity index (χ1n) is 7.10. The van der Waals surface area contributed by atoms with Crippen LogP contribution in [0.1, 0.15) is 30.9 Å². The van der Waals surface area contributed by atoms with Gasteiger partial charge in [-0.2, -0.15) is 0 Å². The minimum absolute atomic E-state index is 0.199. The highest BCUT2D eigenvalue weighted by molar-refractivity contribution is 7.90. The van der Waals surface area contributed by atoms with Gasteiger partial charge in [0.05, 0.1) is 11.9 Å². The maximum Gasteiger partial charge on any atom is 0.148 e. The first-order valence-corrected chi connectivity index (χ1v) is 9.16. The van der Waals surface area contributed by atoms with Gasteiger partial charge >= 0.3 is 0 Å². The highest BCUT2D eigenvalue weighted by Crippen LogP contribution is 2.27. The molecule has 1 aliphatic heterocycles. The fourth-order valence-electron chi connectivity index (χ4n) is 2.81. The summed E-state index contributed by atoms with van der Waals surface area (Å²) in [7, 11) is -2.92. The number of nitrogens with zero attached hydrogens (tertiary/aromatic N) is 1. The quantitative estimate of drug-likeness (QED) is 0.867. The maximum atomic E-state index is 11.3. The second-order valence-corrected chi connectivity index (χ2v) is 7.88. The van der Waals surface area contributed by atoms with Gasteiger partial charge in [0.2, 0.25) is 0 Å². The Labute approximate surface area is 121 Å². The van der Waals surface area contributed by atoms with Crippen molar-refractivity contribution >= 4 is 9.84 Å². The molecule has 1 aliphatic rings. The molecule has 2 atom stereocenters. The fourth-order valence-corrected chi connectivity index (χ4v) is 3.37. The Hall–Kier alpha value is -0.910. The van der Waals surface area contributed by atoms with E-state index in [1.54, 1.807) is 0 Å². The van der Waals surface area contributed by atoms with E-state index >= 15 is 0 Å². The first-order chi connectivity index (χ1) is 9.46. The molecule has 20 heavy (non-hydrogen) atoms. The smallest absolute Gasteiger partial charge is 0.148 e. The normalized spacial score (nSPS) is 22.0. The summed E-state index contributed by atoms with van der Waals surface area (Å²) >= 11 is 0. The van der Waals surface area contributed by atoms with Gasteiger partial charge in [-0.05, 0) is 31.4 Å². The Bertz CT molecular complexity index is 515. The maximum absolute atomic E-state index is 11.3. The summed E-state index contributed by atoms with van der Waals surface area (Å²) in [4.78, 5) is 2.20. The van der Waals surface area contributed by atoms with E-state index in [0.29, 0.717) is 13.0 Å². The number of sulfone groups is 1. The van der Waals surface area contributed by atoms with Crippen molar-refractivity contribution in [3.8, 4) is 0 Å². The fraction of sp³-hybridized carbons (Fsp3) is 0.600. The van der Waals surface area contributed by atoms with Gasteiger partial charge in [-0.25, -0.2) is 8.42 Å². The number of benzene rings is 1. The molecule has 1 fully saturated rings. The van der Waals surface area contributed by atoms with Gasteiger partial charge in [-0.3, -0.25) is 4.90 Å². The molecule has 0 saturated carbocycles. The van der Waals surface area contributed by atoms with Crippen molar-refractivity contribution in [3.05, 3.63) is 35.9 Å². The Morgan fingerprint density at radius 1 is 1.35 bits per heavy atom.